The molecule has 3 N–H and O–H groups in total. The van der Waals surface area contributed by atoms with Crippen LogP contribution >= 0.6 is 0 Å². The van der Waals surface area contributed by atoms with Crippen molar-refractivity contribution < 1.29 is 15.0 Å². The average molecular weight is 299 g/mol. The number of allylic oxidation sites excluding steroid dienone is 1. The van der Waals surface area contributed by atoms with E-state index in [1.165, 1.54) is 19.3 Å². The molecule has 124 valence electrons. The minimum Gasteiger partial charge on any atom is -0.394 e. The van der Waals surface area contributed by atoms with E-state index in [9.17, 15) is 15.0 Å². The van der Waals surface area contributed by atoms with Gasteiger partial charge < -0.3 is 15.5 Å². The Kier molecular flexibility index (Phi) is 13.5. The Morgan fingerprint density at radius 2 is 1.76 bits per heavy atom. The highest BCUT2D eigenvalue weighted by Gasteiger charge is 2.17. The van der Waals surface area contributed by atoms with Gasteiger partial charge in [-0.25, -0.2) is 0 Å². The van der Waals surface area contributed by atoms with E-state index in [1.54, 1.807) is 6.08 Å². The summed E-state index contributed by atoms with van der Waals surface area (Å²) in [5, 5.41) is 21.9. The van der Waals surface area contributed by atoms with E-state index in [4.69, 9.17) is 0 Å². The van der Waals surface area contributed by atoms with Crippen LogP contribution in [0.3, 0.4) is 0 Å². The van der Waals surface area contributed by atoms with Crippen molar-refractivity contribution in [3.05, 3.63) is 12.2 Å². The molecule has 0 bridgehead atoms. The van der Waals surface area contributed by atoms with Crippen LogP contribution in [0.15, 0.2) is 12.2 Å². The molecule has 0 aromatic carbocycles. The molecule has 0 saturated carbocycles. The third-order valence-corrected chi connectivity index (χ3v) is 3.52. The molecule has 0 aliphatic heterocycles. The second-order valence-electron chi connectivity index (χ2n) is 5.58. The molecular formula is C17H33NO3. The van der Waals surface area contributed by atoms with Crippen LogP contribution in [0, 0.1) is 0 Å². The van der Waals surface area contributed by atoms with Gasteiger partial charge in [0.05, 0.1) is 18.8 Å². The predicted octanol–water partition coefficient (Wildman–Crippen LogP) is 2.93. The van der Waals surface area contributed by atoms with Crippen molar-refractivity contribution in [2.45, 2.75) is 83.8 Å². The first kappa shape index (κ1) is 20.1. The number of carbonyl (C=O) groups excluding carboxylic acids is 1. The molecule has 2 unspecified atom stereocenters. The van der Waals surface area contributed by atoms with E-state index < -0.39 is 12.1 Å². The van der Waals surface area contributed by atoms with Gasteiger partial charge in [0.25, 0.3) is 0 Å². The minimum atomic E-state index is -0.823. The molecule has 0 aliphatic carbocycles. The van der Waals surface area contributed by atoms with E-state index in [0.29, 0.717) is 6.42 Å². The maximum atomic E-state index is 11.7. The Hall–Kier alpha value is -0.870. The average Bonchev–Trinajstić information content (AvgIpc) is 2.48. The van der Waals surface area contributed by atoms with Crippen LogP contribution in [0.25, 0.3) is 0 Å². The van der Waals surface area contributed by atoms with Gasteiger partial charge in [0.15, 0.2) is 0 Å². The van der Waals surface area contributed by atoms with Gasteiger partial charge in [-0.3, -0.25) is 4.79 Å². The zero-order valence-corrected chi connectivity index (χ0v) is 13.7. The summed E-state index contributed by atoms with van der Waals surface area (Å²) >= 11 is 0. The number of amides is 1. The van der Waals surface area contributed by atoms with Crippen molar-refractivity contribution in [3.63, 3.8) is 0 Å². The molecule has 21 heavy (non-hydrogen) atoms. The highest BCUT2D eigenvalue weighted by atomic mass is 16.3. The zero-order chi connectivity index (χ0) is 15.9. The summed E-state index contributed by atoms with van der Waals surface area (Å²) in [5.74, 6) is -0.0992. The normalized spacial score (nSPS) is 14.3. The fraction of sp³-hybridized carbons (Fsp3) is 0.824. The van der Waals surface area contributed by atoms with Gasteiger partial charge in [-0.15, -0.1) is 0 Å². The van der Waals surface area contributed by atoms with Gasteiger partial charge in [-0.05, 0) is 19.3 Å². The van der Waals surface area contributed by atoms with Crippen molar-refractivity contribution in [3.8, 4) is 0 Å². The van der Waals surface area contributed by atoms with Gasteiger partial charge >= 0.3 is 0 Å². The second-order valence-corrected chi connectivity index (χ2v) is 5.58. The lowest BCUT2D eigenvalue weighted by molar-refractivity contribution is -0.123. The third-order valence-electron chi connectivity index (χ3n) is 3.52. The van der Waals surface area contributed by atoms with Crippen LogP contribution < -0.4 is 5.32 Å². The van der Waals surface area contributed by atoms with Crippen LogP contribution in [-0.2, 0) is 4.79 Å². The fourth-order valence-corrected chi connectivity index (χ4v) is 2.11. The first-order valence-corrected chi connectivity index (χ1v) is 8.40. The lowest BCUT2D eigenvalue weighted by atomic mass is 10.1. The first-order chi connectivity index (χ1) is 10.2. The van der Waals surface area contributed by atoms with Gasteiger partial charge in [0.1, 0.15) is 0 Å². The molecule has 0 rings (SSSR count). The van der Waals surface area contributed by atoms with Crippen molar-refractivity contribution >= 4 is 5.91 Å². The number of rotatable bonds is 13. The molecule has 0 aromatic rings. The Labute approximate surface area is 129 Å². The molecule has 4 heteroatoms. The Morgan fingerprint density at radius 3 is 2.38 bits per heavy atom. The molecule has 0 aliphatic rings. The highest BCUT2D eigenvalue weighted by Crippen LogP contribution is 2.05. The molecule has 4 nitrogen and oxygen atoms in total. The summed E-state index contributed by atoms with van der Waals surface area (Å²) in [4.78, 5) is 11.7. The zero-order valence-electron chi connectivity index (χ0n) is 13.7. The first-order valence-electron chi connectivity index (χ1n) is 8.40. The van der Waals surface area contributed by atoms with Crippen LogP contribution in [0.5, 0.6) is 0 Å². The Balaban J connectivity index is 3.96. The predicted molar refractivity (Wildman–Crippen MR) is 87.1 cm³/mol. The molecule has 0 spiro atoms. The molecule has 2 atom stereocenters. The quantitative estimate of drug-likeness (QED) is 0.362. The van der Waals surface area contributed by atoms with E-state index in [2.05, 4.69) is 19.2 Å². The number of unbranched alkanes of at least 4 members (excludes halogenated alkanes) is 6. The number of aliphatic hydroxyl groups excluding tert-OH is 2. The summed E-state index contributed by atoms with van der Waals surface area (Å²) in [7, 11) is 0. The maximum Gasteiger partial charge on any atom is 0.220 e. The van der Waals surface area contributed by atoms with Crippen molar-refractivity contribution in [1.82, 2.24) is 5.32 Å². The van der Waals surface area contributed by atoms with Crippen molar-refractivity contribution in [2.24, 2.45) is 0 Å². The molecule has 1 amide bonds. The van der Waals surface area contributed by atoms with Gasteiger partial charge in [-0.1, -0.05) is 58.1 Å². The Bertz CT molecular complexity index is 279. The summed E-state index contributed by atoms with van der Waals surface area (Å²) in [6.45, 7) is 4.01. The van der Waals surface area contributed by atoms with Crippen LogP contribution in [0.2, 0.25) is 0 Å². The molecule has 0 aromatic heterocycles. The van der Waals surface area contributed by atoms with Crippen molar-refractivity contribution in [1.29, 1.82) is 0 Å². The second kappa shape index (κ2) is 14.1. The molecule has 0 heterocycles. The monoisotopic (exact) mass is 299 g/mol. The van der Waals surface area contributed by atoms with Gasteiger partial charge in [0.2, 0.25) is 5.91 Å². The Morgan fingerprint density at radius 1 is 1.10 bits per heavy atom. The summed E-state index contributed by atoms with van der Waals surface area (Å²) in [5.41, 5.74) is 0. The van der Waals surface area contributed by atoms with Gasteiger partial charge in [0, 0.05) is 6.42 Å². The minimum absolute atomic E-state index is 0.0992. The highest BCUT2D eigenvalue weighted by molar-refractivity contribution is 5.76. The van der Waals surface area contributed by atoms with Crippen LogP contribution in [0.1, 0.15) is 71.6 Å². The van der Waals surface area contributed by atoms with Crippen LogP contribution in [0.4, 0.5) is 0 Å². The molecule has 0 fully saturated rings. The van der Waals surface area contributed by atoms with E-state index >= 15 is 0 Å². The SMILES string of the molecule is CCCCCC/C=C/C(O)C(CO)NC(=O)CCCCC. The van der Waals surface area contributed by atoms with E-state index in [-0.39, 0.29) is 12.5 Å². The number of hydrogen-bond acceptors (Lipinski definition) is 3. The number of nitrogens with one attached hydrogen (secondary N) is 1. The molecule has 0 saturated heterocycles. The van der Waals surface area contributed by atoms with E-state index in [0.717, 1.165) is 32.1 Å². The molecule has 0 radical (unpaired) electrons. The summed E-state index contributed by atoms with van der Waals surface area (Å²) in [6.07, 6.45) is 11.9. The van der Waals surface area contributed by atoms with Crippen molar-refractivity contribution in [2.75, 3.05) is 6.61 Å². The number of hydrogen-bond donors (Lipinski definition) is 3. The summed E-state index contributed by atoms with van der Waals surface area (Å²) < 4.78 is 0. The molecular weight excluding hydrogens is 266 g/mol. The summed E-state index contributed by atoms with van der Waals surface area (Å²) in [6, 6.07) is -0.606. The smallest absolute Gasteiger partial charge is 0.220 e. The topological polar surface area (TPSA) is 69.6 Å². The number of aliphatic hydroxyl groups is 2. The lowest BCUT2D eigenvalue weighted by Crippen LogP contribution is -2.45. The maximum absolute atomic E-state index is 11.7. The van der Waals surface area contributed by atoms with Gasteiger partial charge in [-0.2, -0.15) is 0 Å². The van der Waals surface area contributed by atoms with E-state index in [1.807, 2.05) is 6.08 Å². The lowest BCUT2D eigenvalue weighted by Gasteiger charge is -2.19. The largest absolute Gasteiger partial charge is 0.394 e. The third kappa shape index (κ3) is 11.5. The fourth-order valence-electron chi connectivity index (χ4n) is 2.11. The van der Waals surface area contributed by atoms with Crippen LogP contribution in [-0.4, -0.2) is 34.9 Å². The standard InChI is InChI=1S/C17H33NO3/c1-3-5-7-8-9-11-12-16(20)15(14-19)18-17(21)13-10-6-4-2/h11-12,15-16,19-20H,3-10,13-14H2,1-2H3,(H,18,21)/b12-11+. The number of carbonyl (C=O) groups is 1.